The minimum Gasteiger partial charge on any atom is -1.00 e. The van der Waals surface area contributed by atoms with Crippen molar-refractivity contribution in [3.8, 4) is 0 Å². The smallest absolute Gasteiger partial charge is 1.00 e. The van der Waals surface area contributed by atoms with Crippen LogP contribution in [0.15, 0.2) is 388 Å². The fourth-order valence-corrected chi connectivity index (χ4v) is 20.9. The second-order valence-electron chi connectivity index (χ2n) is 21.4. The van der Waals surface area contributed by atoms with Gasteiger partial charge in [0.2, 0.25) is 0 Å². The van der Waals surface area contributed by atoms with Gasteiger partial charge < -0.3 is 9.41 Å². The Morgan fingerprint density at radius 1 is 0.163 bits per heavy atom. The molecule has 0 spiro atoms. The van der Waals surface area contributed by atoms with Crippen LogP contribution >= 0.6 is 31.7 Å². The van der Waals surface area contributed by atoms with E-state index in [-0.39, 0.29) is 52.8 Å². The van der Waals surface area contributed by atoms with Crippen LogP contribution in [0, 0.1) is 0 Å². The zero-order valence-electron chi connectivity index (χ0n) is 50.5. The summed E-state index contributed by atoms with van der Waals surface area (Å²) in [5, 5.41) is 27.6. The standard InChI is InChI=1S/4C21H16P.2FH.2Ti/c4*1-3-11-19(12-4-1)22(20-13-5-2-6-14-20)21-15-17-9-7-8-10-18(17)16-21;;;;/h4*1-16H;2*1H;;/q4*-1;;;2*+2/p-2. The summed E-state index contributed by atoms with van der Waals surface area (Å²) >= 11 is 0. The molecule has 0 nitrogen and oxygen atoms in total. The first kappa shape index (κ1) is 68.5. The number of rotatable bonds is 12. The molecule has 0 aliphatic rings. The van der Waals surface area contributed by atoms with Gasteiger partial charge in [-0.3, -0.25) is 0 Å². The van der Waals surface area contributed by atoms with Crippen molar-refractivity contribution < 1.29 is 52.8 Å². The second-order valence-corrected chi connectivity index (χ2v) is 30.3. The van der Waals surface area contributed by atoms with E-state index in [0.29, 0.717) is 0 Å². The van der Waals surface area contributed by atoms with Crippen LogP contribution in [0.2, 0.25) is 0 Å². The van der Waals surface area contributed by atoms with Crippen molar-refractivity contribution >= 4 is 138 Å². The molecule has 0 amide bonds. The van der Waals surface area contributed by atoms with Gasteiger partial charge in [0.15, 0.2) is 0 Å². The first-order valence-corrected chi connectivity index (χ1v) is 35.3. The maximum absolute atomic E-state index is 2.35. The maximum atomic E-state index is 2.35. The number of halogens is 2. The maximum Gasteiger partial charge on any atom is 2.00 e. The Bertz CT molecular complexity index is 3850. The normalized spacial score (nSPS) is 10.7. The Hall–Kier alpha value is -7.91. The number of hydrogen-bond donors (Lipinski definition) is 0. The molecule has 0 aliphatic heterocycles. The van der Waals surface area contributed by atoms with Crippen molar-refractivity contribution in [1.29, 1.82) is 0 Å². The Morgan fingerprint density at radius 2 is 0.293 bits per heavy atom. The van der Waals surface area contributed by atoms with E-state index in [0.717, 1.165) is 0 Å². The Kier molecular flexibility index (Phi) is 25.4. The van der Waals surface area contributed by atoms with E-state index in [4.69, 9.17) is 0 Å². The third-order valence-electron chi connectivity index (χ3n) is 15.6. The molecule has 0 unspecified atom stereocenters. The van der Waals surface area contributed by atoms with E-state index in [1.807, 2.05) is 0 Å². The van der Waals surface area contributed by atoms with Crippen molar-refractivity contribution in [2.75, 3.05) is 0 Å². The summed E-state index contributed by atoms with van der Waals surface area (Å²) in [6, 6.07) is 140. The van der Waals surface area contributed by atoms with Crippen LogP contribution < -0.4 is 73.1 Å². The van der Waals surface area contributed by atoms with Crippen LogP contribution in [0.3, 0.4) is 0 Å². The molecule has 0 heterocycles. The summed E-state index contributed by atoms with van der Waals surface area (Å²) in [7, 11) is -1.97. The van der Waals surface area contributed by atoms with Crippen molar-refractivity contribution in [1.82, 2.24) is 0 Å². The average Bonchev–Trinajstić information content (AvgIpc) is 1.73. The molecule has 16 aromatic carbocycles. The summed E-state index contributed by atoms with van der Waals surface area (Å²) in [5.41, 5.74) is 0. The van der Waals surface area contributed by atoms with E-state index in [1.54, 1.807) is 0 Å². The van der Waals surface area contributed by atoms with E-state index >= 15 is 0 Å². The molecule has 92 heavy (non-hydrogen) atoms. The average molecular weight is 1330 g/mol. The molecule has 8 heteroatoms. The van der Waals surface area contributed by atoms with Crippen LogP contribution in [0.25, 0.3) is 43.1 Å². The van der Waals surface area contributed by atoms with E-state index < -0.39 is 31.7 Å². The van der Waals surface area contributed by atoms with E-state index in [1.165, 1.54) is 107 Å². The van der Waals surface area contributed by atoms with Gasteiger partial charge in [-0.15, -0.1) is 161 Å². The Labute approximate surface area is 574 Å². The molecule has 0 bridgehead atoms. The summed E-state index contributed by atoms with van der Waals surface area (Å²) in [6.45, 7) is 0. The largest absolute Gasteiger partial charge is 2.00 e. The predicted molar refractivity (Wildman–Crippen MR) is 393 cm³/mol. The Morgan fingerprint density at radius 3 is 0.435 bits per heavy atom. The van der Waals surface area contributed by atoms with Crippen LogP contribution in [-0.2, 0) is 43.4 Å². The number of benzene rings is 12. The van der Waals surface area contributed by atoms with Gasteiger partial charge in [0, 0.05) is 0 Å². The zero-order valence-corrected chi connectivity index (χ0v) is 57.2. The first-order valence-electron chi connectivity index (χ1n) is 29.9. The van der Waals surface area contributed by atoms with Gasteiger partial charge in [-0.05, 0) is 74.1 Å². The van der Waals surface area contributed by atoms with E-state index in [9.17, 15) is 0 Å². The molecule has 0 aromatic heterocycles. The molecule has 0 fully saturated rings. The van der Waals surface area contributed by atoms with Gasteiger partial charge in [0.25, 0.3) is 0 Å². The molecule has 16 rings (SSSR count). The quantitative estimate of drug-likeness (QED) is 0.0650. The summed E-state index contributed by atoms with van der Waals surface area (Å²) in [5.74, 6) is 0. The van der Waals surface area contributed by atoms with Crippen LogP contribution in [0.4, 0.5) is 0 Å². The van der Waals surface area contributed by atoms with E-state index in [2.05, 4.69) is 388 Å². The third-order valence-corrected chi connectivity index (χ3v) is 25.2. The molecule has 0 aliphatic carbocycles. The summed E-state index contributed by atoms with van der Waals surface area (Å²) < 4.78 is 0. The minimum absolute atomic E-state index is 0. The van der Waals surface area contributed by atoms with Crippen LogP contribution in [-0.4, -0.2) is 0 Å². The van der Waals surface area contributed by atoms with Crippen molar-refractivity contribution in [3.05, 3.63) is 388 Å². The minimum atomic E-state index is -0.493. The molecule has 0 saturated heterocycles. The molecule has 0 radical (unpaired) electrons. The topological polar surface area (TPSA) is 0 Å². The number of fused-ring (bicyclic) bond motifs is 4. The van der Waals surface area contributed by atoms with Crippen molar-refractivity contribution in [3.63, 3.8) is 0 Å². The molecule has 0 atom stereocenters. The molecule has 0 N–H and O–H groups in total. The summed E-state index contributed by atoms with van der Waals surface area (Å²) in [6.07, 6.45) is 0. The van der Waals surface area contributed by atoms with Gasteiger partial charge in [-0.1, -0.05) is 267 Å². The van der Waals surface area contributed by atoms with Crippen molar-refractivity contribution in [2.24, 2.45) is 0 Å². The van der Waals surface area contributed by atoms with Gasteiger partial charge in [-0.2, -0.15) is 24.3 Å². The van der Waals surface area contributed by atoms with Crippen molar-refractivity contribution in [2.45, 2.75) is 0 Å². The van der Waals surface area contributed by atoms with Gasteiger partial charge >= 0.3 is 43.4 Å². The molecule has 16 aromatic rings. The predicted octanol–water partition coefficient (Wildman–Crippen LogP) is 11.3. The SMILES string of the molecule is [F-].[F-].[Ti+2].[Ti+2].c1ccc(P(c2ccccc2)c2cc3ccccc3[cH-]2)cc1.c1ccc(P(c2ccccc2)c2cc3ccccc3[cH-]2)cc1.c1ccc(P(c2ccccc2)c2cc3ccccc3[cH-]2)cc1.c1ccc(P(c2ccccc2)c2cc3ccccc3[cH-]2)cc1. The van der Waals surface area contributed by atoms with Crippen LogP contribution in [0.5, 0.6) is 0 Å². The molecular weight excluding hydrogens is 1270 g/mol. The Balaban J connectivity index is 0.000000143. The third kappa shape index (κ3) is 16.6. The monoisotopic (exact) mass is 1330 g/mol. The molecular formula is C84H64F2P4Ti2-2. The molecule has 444 valence electrons. The molecule has 0 saturated carbocycles. The fourth-order valence-electron chi connectivity index (χ4n) is 11.5. The zero-order chi connectivity index (χ0) is 59.1. The van der Waals surface area contributed by atoms with Crippen LogP contribution in [0.1, 0.15) is 0 Å². The van der Waals surface area contributed by atoms with Gasteiger partial charge in [0.05, 0.1) is 0 Å². The second kappa shape index (κ2) is 34.1. The van der Waals surface area contributed by atoms with Gasteiger partial charge in [-0.25, -0.2) is 0 Å². The fraction of sp³-hybridized carbons (Fsp3) is 0. The summed E-state index contributed by atoms with van der Waals surface area (Å²) in [4.78, 5) is 0. The number of hydrogen-bond acceptors (Lipinski definition) is 0. The van der Waals surface area contributed by atoms with Gasteiger partial charge in [0.1, 0.15) is 0 Å². The first-order chi connectivity index (χ1) is 43.7.